The van der Waals surface area contributed by atoms with Crippen molar-refractivity contribution in [3.05, 3.63) is 28.2 Å². The summed E-state index contributed by atoms with van der Waals surface area (Å²) in [6.07, 6.45) is -0.323. The highest BCUT2D eigenvalue weighted by molar-refractivity contribution is 9.10. The zero-order valence-electron chi connectivity index (χ0n) is 11.2. The van der Waals surface area contributed by atoms with Gasteiger partial charge in [0.1, 0.15) is 0 Å². The molecule has 116 valence electrons. The molecular weight excluding hydrogens is 362 g/mol. The first-order chi connectivity index (χ1) is 9.84. The topological polar surface area (TPSA) is 116 Å². The summed E-state index contributed by atoms with van der Waals surface area (Å²) >= 11 is 3.19. The van der Waals surface area contributed by atoms with Crippen LogP contribution in [0.5, 0.6) is 0 Å². The van der Waals surface area contributed by atoms with Crippen molar-refractivity contribution in [2.24, 2.45) is 11.5 Å². The van der Waals surface area contributed by atoms with E-state index in [1.165, 1.54) is 22.5 Å². The van der Waals surface area contributed by atoms with Gasteiger partial charge in [-0.25, -0.2) is 8.42 Å². The Bertz CT molecular complexity index is 650. The van der Waals surface area contributed by atoms with E-state index in [9.17, 15) is 13.2 Å². The first-order valence-corrected chi connectivity index (χ1v) is 8.50. The molecule has 0 radical (unpaired) electrons. The molecule has 4 N–H and O–H groups in total. The first-order valence-electron chi connectivity index (χ1n) is 6.27. The molecule has 1 unspecified atom stereocenters. The van der Waals surface area contributed by atoms with E-state index in [2.05, 4.69) is 15.9 Å². The summed E-state index contributed by atoms with van der Waals surface area (Å²) in [6.45, 7) is 0.976. The van der Waals surface area contributed by atoms with Crippen LogP contribution in [0.15, 0.2) is 27.6 Å². The van der Waals surface area contributed by atoms with Crippen molar-refractivity contribution in [2.75, 3.05) is 26.2 Å². The molecule has 1 aliphatic rings. The number of benzene rings is 1. The van der Waals surface area contributed by atoms with Crippen LogP contribution in [-0.4, -0.2) is 51.0 Å². The normalized spacial score (nSPS) is 20.4. The minimum Gasteiger partial charge on any atom is -0.374 e. The van der Waals surface area contributed by atoms with E-state index in [1.807, 2.05) is 0 Å². The number of hydrogen-bond donors (Lipinski definition) is 2. The Labute approximate surface area is 131 Å². The zero-order chi connectivity index (χ0) is 15.6. The molecule has 1 amide bonds. The Morgan fingerprint density at radius 3 is 2.76 bits per heavy atom. The van der Waals surface area contributed by atoms with Crippen molar-refractivity contribution in [3.63, 3.8) is 0 Å². The van der Waals surface area contributed by atoms with E-state index in [4.69, 9.17) is 16.2 Å². The molecule has 7 nitrogen and oxygen atoms in total. The molecule has 1 aromatic rings. The number of carbonyl (C=O) groups excluding carboxylic acids is 1. The maximum Gasteiger partial charge on any atom is 0.248 e. The van der Waals surface area contributed by atoms with Crippen LogP contribution in [0.4, 0.5) is 0 Å². The van der Waals surface area contributed by atoms with Gasteiger partial charge in [-0.3, -0.25) is 4.79 Å². The average molecular weight is 378 g/mol. The summed E-state index contributed by atoms with van der Waals surface area (Å²) in [5.41, 5.74) is 10.9. The number of nitrogens with zero attached hydrogens (tertiary/aromatic N) is 1. The lowest BCUT2D eigenvalue weighted by Crippen LogP contribution is -2.48. The summed E-state index contributed by atoms with van der Waals surface area (Å²) in [7, 11) is -3.72. The molecule has 1 aromatic carbocycles. The number of morpholine rings is 1. The fourth-order valence-electron chi connectivity index (χ4n) is 2.06. The molecule has 1 saturated heterocycles. The number of primary amides is 1. The van der Waals surface area contributed by atoms with Crippen LogP contribution >= 0.6 is 15.9 Å². The molecule has 0 spiro atoms. The number of ether oxygens (including phenoxy) is 1. The van der Waals surface area contributed by atoms with Crippen molar-refractivity contribution in [3.8, 4) is 0 Å². The highest BCUT2D eigenvalue weighted by Crippen LogP contribution is 2.23. The summed E-state index contributed by atoms with van der Waals surface area (Å²) < 4.78 is 32.4. The van der Waals surface area contributed by atoms with Gasteiger partial charge in [0.2, 0.25) is 15.9 Å². The maximum absolute atomic E-state index is 12.6. The molecule has 2 rings (SSSR count). The molecular formula is C12H16BrN3O4S. The van der Waals surface area contributed by atoms with E-state index in [0.717, 1.165) is 0 Å². The first kappa shape index (κ1) is 16.4. The van der Waals surface area contributed by atoms with Crippen molar-refractivity contribution in [1.82, 2.24) is 4.31 Å². The van der Waals surface area contributed by atoms with E-state index >= 15 is 0 Å². The Morgan fingerprint density at radius 2 is 2.14 bits per heavy atom. The molecule has 21 heavy (non-hydrogen) atoms. The second kappa shape index (κ2) is 6.41. The number of carbonyl (C=O) groups is 1. The molecule has 0 saturated carbocycles. The predicted molar refractivity (Wildman–Crippen MR) is 80.2 cm³/mol. The van der Waals surface area contributed by atoms with E-state index in [1.54, 1.807) is 0 Å². The average Bonchev–Trinajstić information content (AvgIpc) is 2.46. The summed E-state index contributed by atoms with van der Waals surface area (Å²) in [6, 6.07) is 4.19. The lowest BCUT2D eigenvalue weighted by atomic mass is 10.2. The van der Waals surface area contributed by atoms with E-state index < -0.39 is 15.9 Å². The van der Waals surface area contributed by atoms with Crippen molar-refractivity contribution in [2.45, 2.75) is 11.0 Å². The van der Waals surface area contributed by atoms with Gasteiger partial charge in [-0.1, -0.05) is 15.9 Å². The minimum absolute atomic E-state index is 0.0170. The number of hydrogen-bond acceptors (Lipinski definition) is 5. The zero-order valence-corrected chi connectivity index (χ0v) is 13.6. The third kappa shape index (κ3) is 3.61. The highest BCUT2D eigenvalue weighted by atomic mass is 79.9. The van der Waals surface area contributed by atoms with Crippen LogP contribution in [0.3, 0.4) is 0 Å². The second-order valence-corrected chi connectivity index (χ2v) is 7.49. The third-order valence-corrected chi connectivity index (χ3v) is 5.46. The number of halogens is 1. The fourth-order valence-corrected chi connectivity index (χ4v) is 4.23. The molecule has 0 aliphatic carbocycles. The number of rotatable bonds is 4. The maximum atomic E-state index is 12.6. The van der Waals surface area contributed by atoms with Gasteiger partial charge in [-0.05, 0) is 18.2 Å². The SMILES string of the molecule is NCC1CN(S(=O)(=O)c2cc(Br)cc(C(N)=O)c2)CCO1. The Balaban J connectivity index is 2.37. The number of nitrogens with two attached hydrogens (primary N) is 2. The van der Waals surface area contributed by atoms with E-state index in [-0.39, 0.29) is 42.8 Å². The van der Waals surface area contributed by atoms with Gasteiger partial charge < -0.3 is 16.2 Å². The third-order valence-electron chi connectivity index (χ3n) is 3.16. The second-order valence-electron chi connectivity index (χ2n) is 4.63. The van der Waals surface area contributed by atoms with Gasteiger partial charge in [0.15, 0.2) is 0 Å². The molecule has 0 bridgehead atoms. The van der Waals surface area contributed by atoms with Crippen molar-refractivity contribution < 1.29 is 17.9 Å². The minimum atomic E-state index is -3.72. The van der Waals surface area contributed by atoms with Crippen LogP contribution in [-0.2, 0) is 14.8 Å². The molecule has 1 aliphatic heterocycles. The monoisotopic (exact) mass is 377 g/mol. The van der Waals surface area contributed by atoms with Crippen LogP contribution in [0, 0.1) is 0 Å². The van der Waals surface area contributed by atoms with Crippen LogP contribution in [0.1, 0.15) is 10.4 Å². The highest BCUT2D eigenvalue weighted by Gasteiger charge is 2.30. The lowest BCUT2D eigenvalue weighted by molar-refractivity contribution is 0.00450. The summed E-state index contributed by atoms with van der Waals surface area (Å²) in [5, 5.41) is 0. The van der Waals surface area contributed by atoms with Gasteiger partial charge in [0.25, 0.3) is 0 Å². The van der Waals surface area contributed by atoms with Crippen molar-refractivity contribution in [1.29, 1.82) is 0 Å². The Morgan fingerprint density at radius 1 is 1.43 bits per heavy atom. The number of sulfonamides is 1. The van der Waals surface area contributed by atoms with Gasteiger partial charge in [-0.15, -0.1) is 0 Å². The van der Waals surface area contributed by atoms with Gasteiger partial charge in [-0.2, -0.15) is 4.31 Å². The Hall–Kier alpha value is -1.00. The van der Waals surface area contributed by atoms with Crippen LogP contribution in [0.25, 0.3) is 0 Å². The van der Waals surface area contributed by atoms with Gasteiger partial charge in [0.05, 0.1) is 17.6 Å². The lowest BCUT2D eigenvalue weighted by Gasteiger charge is -2.31. The molecule has 1 fully saturated rings. The van der Waals surface area contributed by atoms with E-state index in [0.29, 0.717) is 4.47 Å². The van der Waals surface area contributed by atoms with Gasteiger partial charge in [0, 0.05) is 29.7 Å². The molecule has 9 heteroatoms. The molecule has 1 atom stereocenters. The number of amides is 1. The summed E-state index contributed by atoms with van der Waals surface area (Å²) in [4.78, 5) is 11.3. The molecule has 0 aromatic heterocycles. The summed E-state index contributed by atoms with van der Waals surface area (Å²) in [5.74, 6) is -0.686. The van der Waals surface area contributed by atoms with Crippen molar-refractivity contribution >= 4 is 31.9 Å². The largest absolute Gasteiger partial charge is 0.374 e. The van der Waals surface area contributed by atoms with Crippen LogP contribution < -0.4 is 11.5 Å². The predicted octanol–water partition coefficient (Wildman–Crippen LogP) is -0.104. The molecule has 1 heterocycles. The smallest absolute Gasteiger partial charge is 0.248 e. The van der Waals surface area contributed by atoms with Crippen LogP contribution in [0.2, 0.25) is 0 Å². The fraction of sp³-hybridized carbons (Fsp3) is 0.417. The standard InChI is InChI=1S/C12H16BrN3O4S/c13-9-3-8(12(15)17)4-11(5-9)21(18,19)16-1-2-20-10(6-14)7-16/h3-5,10H,1-2,6-7,14H2,(H2,15,17). The van der Waals surface area contributed by atoms with Gasteiger partial charge >= 0.3 is 0 Å². The quantitative estimate of drug-likeness (QED) is 0.759. The Kier molecular flexibility index (Phi) is 4.99.